The maximum atomic E-state index is 13.0. The Morgan fingerprint density at radius 3 is 2.65 bits per heavy atom. The molecule has 0 radical (unpaired) electrons. The molecular weight excluding hydrogens is 412 g/mol. The highest BCUT2D eigenvalue weighted by Gasteiger charge is 2.22. The van der Waals surface area contributed by atoms with Gasteiger partial charge in [-0.3, -0.25) is 9.48 Å². The smallest absolute Gasteiger partial charge is 0.339 e. The summed E-state index contributed by atoms with van der Waals surface area (Å²) < 4.78 is 7.05. The molecule has 7 nitrogen and oxygen atoms in total. The van der Waals surface area contributed by atoms with Gasteiger partial charge in [0.1, 0.15) is 0 Å². The minimum absolute atomic E-state index is 0.274. The summed E-state index contributed by atoms with van der Waals surface area (Å²) in [7, 11) is 3.48. The Balaban J connectivity index is 1.55. The Labute approximate surface area is 183 Å². The summed E-state index contributed by atoms with van der Waals surface area (Å²) in [5.41, 5.74) is 3.32. The normalized spacial score (nSPS) is 10.9. The second kappa shape index (κ2) is 8.69. The number of likely N-dealkylation sites (N-methyl/N-ethyl adjacent to an activating group) is 1. The van der Waals surface area contributed by atoms with Crippen molar-refractivity contribution in [3.05, 3.63) is 70.7 Å². The number of thiophene rings is 1. The summed E-state index contributed by atoms with van der Waals surface area (Å²) in [5.74, 6) is -0.841. The van der Waals surface area contributed by atoms with Crippen molar-refractivity contribution in [1.82, 2.24) is 19.7 Å². The number of pyridine rings is 1. The average Bonchev–Trinajstić information content (AvgIpc) is 3.40. The first kappa shape index (κ1) is 20.7. The van der Waals surface area contributed by atoms with E-state index in [0.29, 0.717) is 34.5 Å². The third-order valence-corrected chi connectivity index (χ3v) is 5.87. The highest BCUT2D eigenvalue weighted by atomic mass is 32.1. The summed E-state index contributed by atoms with van der Waals surface area (Å²) in [4.78, 5) is 32.6. The number of aryl methyl sites for hydroxylation is 2. The van der Waals surface area contributed by atoms with Crippen molar-refractivity contribution in [3.8, 4) is 10.6 Å². The lowest BCUT2D eigenvalue weighted by molar-refractivity contribution is -0.133. The molecule has 0 aliphatic heterocycles. The molecule has 158 valence electrons. The number of hydrogen-bond acceptors (Lipinski definition) is 6. The van der Waals surface area contributed by atoms with Gasteiger partial charge in [0.25, 0.3) is 5.91 Å². The molecule has 0 fully saturated rings. The molecule has 0 N–H and O–H groups in total. The van der Waals surface area contributed by atoms with Crippen LogP contribution in [0.15, 0.2) is 53.9 Å². The lowest BCUT2D eigenvalue weighted by Crippen LogP contribution is -2.30. The van der Waals surface area contributed by atoms with E-state index >= 15 is 0 Å². The molecule has 0 aliphatic carbocycles. The SMILES string of the molecule is Cc1nn(C)c2nc(-c3cccs3)cc(C(=O)OCC(=O)N(C)Cc3ccccc3)c12. The van der Waals surface area contributed by atoms with Crippen LogP contribution in [0.25, 0.3) is 21.6 Å². The molecule has 0 atom stereocenters. The van der Waals surface area contributed by atoms with Crippen LogP contribution in [0.3, 0.4) is 0 Å². The Bertz CT molecular complexity index is 1230. The molecule has 8 heteroatoms. The van der Waals surface area contributed by atoms with E-state index in [0.717, 1.165) is 10.4 Å². The minimum atomic E-state index is -0.567. The van der Waals surface area contributed by atoms with Gasteiger partial charge >= 0.3 is 5.97 Å². The number of esters is 1. The van der Waals surface area contributed by atoms with Crippen molar-refractivity contribution < 1.29 is 14.3 Å². The number of carbonyl (C=O) groups excluding carboxylic acids is 2. The maximum absolute atomic E-state index is 13.0. The van der Waals surface area contributed by atoms with Crippen LogP contribution in [0.4, 0.5) is 0 Å². The summed E-state index contributed by atoms with van der Waals surface area (Å²) >= 11 is 1.54. The maximum Gasteiger partial charge on any atom is 0.339 e. The molecule has 0 saturated heterocycles. The number of fused-ring (bicyclic) bond motifs is 1. The molecule has 3 heterocycles. The standard InChI is InChI=1S/C23H22N4O3S/c1-15-21-17(12-18(19-10-7-11-31-19)24-22(21)27(3)25-15)23(29)30-14-20(28)26(2)13-16-8-5-4-6-9-16/h4-12H,13-14H2,1-3H3. The monoisotopic (exact) mass is 434 g/mol. The topological polar surface area (TPSA) is 77.3 Å². The number of rotatable bonds is 6. The Kier molecular flexibility index (Phi) is 5.81. The molecular formula is C23H22N4O3S. The number of ether oxygens (including phenoxy) is 1. The van der Waals surface area contributed by atoms with Gasteiger partial charge in [0, 0.05) is 20.6 Å². The van der Waals surface area contributed by atoms with Crippen LogP contribution < -0.4 is 0 Å². The lowest BCUT2D eigenvalue weighted by Gasteiger charge is -2.17. The van der Waals surface area contributed by atoms with Gasteiger partial charge in [-0.2, -0.15) is 5.10 Å². The van der Waals surface area contributed by atoms with Gasteiger partial charge < -0.3 is 9.64 Å². The van der Waals surface area contributed by atoms with Crippen LogP contribution >= 0.6 is 11.3 Å². The molecule has 1 aromatic carbocycles. The van der Waals surface area contributed by atoms with Gasteiger partial charge in [-0.25, -0.2) is 9.78 Å². The van der Waals surface area contributed by atoms with Gasteiger partial charge in [0.05, 0.1) is 27.2 Å². The first-order valence-corrected chi connectivity index (χ1v) is 10.6. The molecule has 0 unspecified atom stereocenters. The molecule has 0 bridgehead atoms. The molecule has 0 aliphatic rings. The van der Waals surface area contributed by atoms with Gasteiger partial charge in [-0.1, -0.05) is 36.4 Å². The van der Waals surface area contributed by atoms with Crippen molar-refractivity contribution in [2.75, 3.05) is 13.7 Å². The number of aromatic nitrogens is 3. The number of nitrogens with zero attached hydrogens (tertiary/aromatic N) is 4. The minimum Gasteiger partial charge on any atom is -0.452 e. The van der Waals surface area contributed by atoms with E-state index in [-0.39, 0.29) is 12.5 Å². The first-order valence-electron chi connectivity index (χ1n) is 9.77. The molecule has 0 spiro atoms. The van der Waals surface area contributed by atoms with Crippen LogP contribution in [0.5, 0.6) is 0 Å². The molecule has 4 rings (SSSR count). The van der Waals surface area contributed by atoms with E-state index in [1.165, 1.54) is 16.2 Å². The van der Waals surface area contributed by atoms with E-state index in [1.807, 2.05) is 54.8 Å². The Morgan fingerprint density at radius 1 is 1.16 bits per heavy atom. The fraction of sp³-hybridized carbons (Fsp3) is 0.217. The van der Waals surface area contributed by atoms with E-state index in [9.17, 15) is 9.59 Å². The van der Waals surface area contributed by atoms with Gasteiger partial charge in [-0.05, 0) is 30.0 Å². The number of carbonyl (C=O) groups is 2. The van der Waals surface area contributed by atoms with Crippen LogP contribution in [-0.2, 0) is 23.1 Å². The molecule has 31 heavy (non-hydrogen) atoms. The fourth-order valence-corrected chi connectivity index (χ4v) is 4.10. The predicted molar refractivity (Wildman–Crippen MR) is 120 cm³/mol. The van der Waals surface area contributed by atoms with E-state index in [4.69, 9.17) is 4.74 Å². The number of amides is 1. The highest BCUT2D eigenvalue weighted by Crippen LogP contribution is 2.29. The quantitative estimate of drug-likeness (QED) is 0.431. The summed E-state index contributed by atoms with van der Waals surface area (Å²) in [6, 6.07) is 15.2. The molecule has 4 aromatic rings. The zero-order chi connectivity index (χ0) is 22.0. The van der Waals surface area contributed by atoms with Crippen molar-refractivity contribution in [3.63, 3.8) is 0 Å². The zero-order valence-corrected chi connectivity index (χ0v) is 18.3. The van der Waals surface area contributed by atoms with E-state index in [2.05, 4.69) is 10.1 Å². The van der Waals surface area contributed by atoms with Crippen LogP contribution in [0, 0.1) is 6.92 Å². The van der Waals surface area contributed by atoms with Crippen LogP contribution in [-0.4, -0.2) is 45.2 Å². The van der Waals surface area contributed by atoms with Crippen LogP contribution in [0.2, 0.25) is 0 Å². The third-order valence-electron chi connectivity index (χ3n) is 4.98. The van der Waals surface area contributed by atoms with Gasteiger partial charge in [-0.15, -0.1) is 11.3 Å². The number of benzene rings is 1. The molecule has 1 amide bonds. The second-order valence-electron chi connectivity index (χ2n) is 7.25. The summed E-state index contributed by atoms with van der Waals surface area (Å²) in [6.45, 7) is 1.94. The first-order chi connectivity index (χ1) is 14.9. The number of hydrogen-bond donors (Lipinski definition) is 0. The second-order valence-corrected chi connectivity index (χ2v) is 8.20. The highest BCUT2D eigenvalue weighted by molar-refractivity contribution is 7.13. The van der Waals surface area contributed by atoms with Crippen molar-refractivity contribution in [2.24, 2.45) is 7.05 Å². The Morgan fingerprint density at radius 2 is 1.94 bits per heavy atom. The van der Waals surface area contributed by atoms with Crippen LogP contribution in [0.1, 0.15) is 21.6 Å². The van der Waals surface area contributed by atoms with E-state index in [1.54, 1.807) is 24.8 Å². The third kappa shape index (κ3) is 4.34. The fourth-order valence-electron chi connectivity index (χ4n) is 3.42. The average molecular weight is 435 g/mol. The molecule has 3 aromatic heterocycles. The lowest BCUT2D eigenvalue weighted by atomic mass is 10.1. The summed E-state index contributed by atoms with van der Waals surface area (Å²) in [5, 5.41) is 6.99. The molecule has 0 saturated carbocycles. The Hall–Kier alpha value is -3.52. The van der Waals surface area contributed by atoms with E-state index < -0.39 is 5.97 Å². The van der Waals surface area contributed by atoms with Crippen molar-refractivity contribution in [1.29, 1.82) is 0 Å². The van der Waals surface area contributed by atoms with Gasteiger partial charge in [0.2, 0.25) is 0 Å². The largest absolute Gasteiger partial charge is 0.452 e. The van der Waals surface area contributed by atoms with Gasteiger partial charge in [0.15, 0.2) is 12.3 Å². The van der Waals surface area contributed by atoms with Crippen molar-refractivity contribution in [2.45, 2.75) is 13.5 Å². The summed E-state index contributed by atoms with van der Waals surface area (Å²) in [6.07, 6.45) is 0. The predicted octanol–water partition coefficient (Wildman–Crippen LogP) is 3.82. The zero-order valence-electron chi connectivity index (χ0n) is 17.5. The van der Waals surface area contributed by atoms with Crippen molar-refractivity contribution >= 4 is 34.2 Å².